The van der Waals surface area contributed by atoms with Gasteiger partial charge >= 0.3 is 0 Å². The number of hydrogen-bond donors (Lipinski definition) is 1. The van der Waals surface area contributed by atoms with Crippen LogP contribution in [0.15, 0.2) is 54.9 Å². The molecular formula is C17H13FN6O. The second-order valence-corrected chi connectivity index (χ2v) is 5.42. The molecular weight excluding hydrogens is 323 g/mol. The van der Waals surface area contributed by atoms with Crippen molar-refractivity contribution in [2.75, 3.05) is 11.9 Å². The molecule has 0 radical (unpaired) electrons. The Balaban J connectivity index is 1.79. The Morgan fingerprint density at radius 3 is 2.80 bits per heavy atom. The zero-order chi connectivity index (χ0) is 17.4. The lowest BCUT2D eigenvalue weighted by molar-refractivity contribution is 0.0987. The summed E-state index contributed by atoms with van der Waals surface area (Å²) >= 11 is 0. The number of nitrogens with one attached hydrogen (secondary N) is 1. The molecule has 1 aromatic carbocycles. The lowest BCUT2D eigenvalue weighted by Gasteiger charge is -2.15. The highest BCUT2D eigenvalue weighted by atomic mass is 19.1. The number of amides is 1. The number of rotatable bonds is 3. The van der Waals surface area contributed by atoms with Crippen LogP contribution in [0.3, 0.4) is 0 Å². The molecule has 0 fully saturated rings. The first-order valence-corrected chi connectivity index (χ1v) is 7.52. The van der Waals surface area contributed by atoms with Gasteiger partial charge in [0.1, 0.15) is 11.5 Å². The summed E-state index contributed by atoms with van der Waals surface area (Å²) in [5, 5.41) is 10.8. The van der Waals surface area contributed by atoms with Crippen molar-refractivity contribution in [1.29, 1.82) is 0 Å². The van der Waals surface area contributed by atoms with E-state index in [1.165, 1.54) is 21.7 Å². The number of halogens is 1. The topological polar surface area (TPSA) is 79.2 Å². The van der Waals surface area contributed by atoms with E-state index in [-0.39, 0.29) is 11.7 Å². The van der Waals surface area contributed by atoms with Gasteiger partial charge in [0.25, 0.3) is 5.91 Å². The zero-order valence-corrected chi connectivity index (χ0v) is 13.2. The number of aromatic nitrogens is 5. The van der Waals surface area contributed by atoms with Crippen LogP contribution in [0.4, 0.5) is 10.2 Å². The Hall–Kier alpha value is -3.55. The Morgan fingerprint density at radius 1 is 1.20 bits per heavy atom. The summed E-state index contributed by atoms with van der Waals surface area (Å²) in [6.45, 7) is 0. The van der Waals surface area contributed by atoms with E-state index in [0.717, 1.165) is 0 Å². The van der Waals surface area contributed by atoms with Crippen molar-refractivity contribution in [3.63, 3.8) is 0 Å². The molecule has 0 saturated carbocycles. The smallest absolute Gasteiger partial charge is 0.277 e. The number of fused-ring (bicyclic) bond motifs is 1. The number of hydrogen-bond acceptors (Lipinski definition) is 4. The summed E-state index contributed by atoms with van der Waals surface area (Å²) in [6, 6.07) is 11.4. The number of imidazole rings is 1. The summed E-state index contributed by atoms with van der Waals surface area (Å²) in [6.07, 6.45) is 3.06. The van der Waals surface area contributed by atoms with Crippen LogP contribution >= 0.6 is 0 Å². The number of nitrogens with zero attached hydrogens (tertiary/aromatic N) is 5. The Kier molecular flexibility index (Phi) is 3.50. The molecule has 1 N–H and O–H groups in total. The van der Waals surface area contributed by atoms with E-state index in [9.17, 15) is 9.18 Å². The maximum Gasteiger partial charge on any atom is 0.277 e. The van der Waals surface area contributed by atoms with Crippen molar-refractivity contribution in [2.45, 2.75) is 0 Å². The van der Waals surface area contributed by atoms with E-state index in [0.29, 0.717) is 28.4 Å². The highest BCUT2D eigenvalue weighted by Gasteiger charge is 2.18. The van der Waals surface area contributed by atoms with E-state index in [1.54, 1.807) is 49.6 Å². The van der Waals surface area contributed by atoms with Gasteiger partial charge in [-0.2, -0.15) is 5.10 Å². The third kappa shape index (κ3) is 2.53. The molecule has 8 heteroatoms. The molecule has 25 heavy (non-hydrogen) atoms. The second-order valence-electron chi connectivity index (χ2n) is 5.42. The summed E-state index contributed by atoms with van der Waals surface area (Å²) < 4.78 is 15.6. The van der Waals surface area contributed by atoms with Crippen LogP contribution in [0.5, 0.6) is 0 Å². The highest BCUT2D eigenvalue weighted by Crippen LogP contribution is 2.24. The highest BCUT2D eigenvalue weighted by molar-refractivity contribution is 6.03. The van der Waals surface area contributed by atoms with Crippen molar-refractivity contribution >= 4 is 17.4 Å². The molecule has 0 atom stereocenters. The monoisotopic (exact) mass is 336 g/mol. The first-order chi connectivity index (χ1) is 12.1. The van der Waals surface area contributed by atoms with Crippen LogP contribution in [0.25, 0.3) is 16.9 Å². The molecule has 0 aliphatic heterocycles. The van der Waals surface area contributed by atoms with Crippen LogP contribution in [-0.4, -0.2) is 37.8 Å². The number of aromatic amines is 1. The van der Waals surface area contributed by atoms with E-state index in [1.807, 2.05) is 0 Å². The van der Waals surface area contributed by atoms with E-state index in [4.69, 9.17) is 0 Å². The molecule has 0 spiro atoms. The number of carbonyl (C=O) groups excluding carboxylic acids is 1. The first kappa shape index (κ1) is 15.0. The molecule has 1 amide bonds. The van der Waals surface area contributed by atoms with Gasteiger partial charge in [-0.25, -0.2) is 13.9 Å². The third-order valence-corrected chi connectivity index (χ3v) is 3.88. The Bertz CT molecular complexity index is 1060. The van der Waals surface area contributed by atoms with Crippen molar-refractivity contribution in [1.82, 2.24) is 24.8 Å². The van der Waals surface area contributed by atoms with Crippen LogP contribution in [-0.2, 0) is 0 Å². The Morgan fingerprint density at radius 2 is 2.04 bits per heavy atom. The lowest BCUT2D eigenvalue weighted by atomic mass is 10.1. The van der Waals surface area contributed by atoms with Crippen molar-refractivity contribution in [3.05, 3.63) is 66.4 Å². The predicted octanol–water partition coefficient (Wildman–Crippen LogP) is 2.54. The second kappa shape index (κ2) is 5.82. The van der Waals surface area contributed by atoms with Gasteiger partial charge in [0.2, 0.25) is 0 Å². The van der Waals surface area contributed by atoms with Crippen LogP contribution in [0.2, 0.25) is 0 Å². The summed E-state index contributed by atoms with van der Waals surface area (Å²) in [4.78, 5) is 18.1. The fraction of sp³-hybridized carbons (Fsp3) is 0.0588. The van der Waals surface area contributed by atoms with Gasteiger partial charge in [-0.3, -0.25) is 14.8 Å². The summed E-state index contributed by atoms with van der Waals surface area (Å²) in [5.41, 5.74) is 1.81. The SMILES string of the molecule is CN(C(=O)c1ccn[nH]1)c1ccc2ncc(-c3ccccc3F)n2n1. The molecule has 0 aliphatic carbocycles. The van der Waals surface area contributed by atoms with E-state index >= 15 is 0 Å². The largest absolute Gasteiger partial charge is 0.293 e. The van der Waals surface area contributed by atoms with Gasteiger partial charge in [-0.1, -0.05) is 12.1 Å². The van der Waals surface area contributed by atoms with Gasteiger partial charge in [-0.15, -0.1) is 5.10 Å². The average Bonchev–Trinajstić information content (AvgIpc) is 3.30. The number of carbonyl (C=O) groups is 1. The number of anilines is 1. The minimum absolute atomic E-state index is 0.281. The maximum atomic E-state index is 14.1. The molecule has 0 unspecified atom stereocenters. The quantitative estimate of drug-likeness (QED) is 0.623. The van der Waals surface area contributed by atoms with Crippen LogP contribution < -0.4 is 4.90 Å². The molecule has 0 saturated heterocycles. The third-order valence-electron chi connectivity index (χ3n) is 3.88. The molecule has 7 nitrogen and oxygen atoms in total. The van der Waals surface area contributed by atoms with Gasteiger partial charge in [0.05, 0.1) is 11.9 Å². The lowest BCUT2D eigenvalue weighted by Crippen LogP contribution is -2.28. The normalized spacial score (nSPS) is 11.0. The molecule has 0 aliphatic rings. The standard InChI is InChI=1S/C17H13FN6O/c1-23(17(25)13-8-9-20-21-13)16-7-6-15-19-10-14(24(15)22-16)11-4-2-3-5-12(11)18/h2-10H,1H3,(H,20,21). The van der Waals surface area contributed by atoms with Crippen LogP contribution in [0, 0.1) is 5.82 Å². The predicted molar refractivity (Wildman–Crippen MR) is 89.7 cm³/mol. The van der Waals surface area contributed by atoms with E-state index in [2.05, 4.69) is 20.3 Å². The summed E-state index contributed by atoms with van der Waals surface area (Å²) in [5.74, 6) is -0.238. The molecule has 0 bridgehead atoms. The summed E-state index contributed by atoms with van der Waals surface area (Å²) in [7, 11) is 1.61. The minimum Gasteiger partial charge on any atom is -0.293 e. The van der Waals surface area contributed by atoms with Crippen molar-refractivity contribution in [2.24, 2.45) is 0 Å². The molecule has 4 aromatic rings. The van der Waals surface area contributed by atoms with Gasteiger partial charge in [0, 0.05) is 18.8 Å². The first-order valence-electron chi connectivity index (χ1n) is 7.52. The molecule has 124 valence electrons. The van der Waals surface area contributed by atoms with Gasteiger partial charge in [0.15, 0.2) is 11.5 Å². The van der Waals surface area contributed by atoms with Crippen LogP contribution in [0.1, 0.15) is 10.5 Å². The molecule has 3 aromatic heterocycles. The van der Waals surface area contributed by atoms with E-state index < -0.39 is 0 Å². The molecule has 3 heterocycles. The fourth-order valence-electron chi connectivity index (χ4n) is 2.55. The average molecular weight is 336 g/mol. The van der Waals surface area contributed by atoms with Crippen molar-refractivity contribution < 1.29 is 9.18 Å². The molecule has 4 rings (SSSR count). The Labute approximate surface area is 141 Å². The fourth-order valence-corrected chi connectivity index (χ4v) is 2.55. The minimum atomic E-state index is -0.363. The zero-order valence-electron chi connectivity index (χ0n) is 13.2. The number of H-pyrrole nitrogens is 1. The maximum absolute atomic E-state index is 14.1. The van der Waals surface area contributed by atoms with Gasteiger partial charge < -0.3 is 0 Å². The van der Waals surface area contributed by atoms with Gasteiger partial charge in [-0.05, 0) is 30.3 Å². The van der Waals surface area contributed by atoms with Crippen molar-refractivity contribution in [3.8, 4) is 11.3 Å². The number of benzene rings is 1.